The number of hydrogen-bond donors (Lipinski definition) is 1. The van der Waals surface area contributed by atoms with Crippen LogP contribution in [0, 0.1) is 0 Å². The van der Waals surface area contributed by atoms with Crippen molar-refractivity contribution in [1.82, 2.24) is 4.98 Å². The van der Waals surface area contributed by atoms with Crippen LogP contribution >= 0.6 is 0 Å². The number of H-pyrrole nitrogens is 1. The van der Waals surface area contributed by atoms with Crippen molar-refractivity contribution >= 4 is 5.69 Å². The van der Waals surface area contributed by atoms with Gasteiger partial charge in [0.25, 0.3) is 0 Å². The van der Waals surface area contributed by atoms with Gasteiger partial charge in [-0.25, -0.2) is 0 Å². The zero-order valence-electron chi connectivity index (χ0n) is 13.3. The fourth-order valence-electron chi connectivity index (χ4n) is 3.35. The molecule has 116 valence electrons. The van der Waals surface area contributed by atoms with Crippen molar-refractivity contribution in [3.05, 3.63) is 78.0 Å². The lowest BCUT2D eigenvalue weighted by molar-refractivity contribution is 0.949. The van der Waals surface area contributed by atoms with Crippen molar-refractivity contribution in [3.8, 4) is 11.3 Å². The Morgan fingerprint density at radius 1 is 0.783 bits per heavy atom. The molecular formula is C21H22N2. The van der Waals surface area contributed by atoms with Gasteiger partial charge in [0.05, 0.1) is 0 Å². The first-order valence-electron chi connectivity index (χ1n) is 8.46. The summed E-state index contributed by atoms with van der Waals surface area (Å²) in [6.07, 6.45) is 3.59. The fraction of sp³-hybridized carbons (Fsp3) is 0.238. The zero-order chi connectivity index (χ0) is 15.5. The Kier molecular flexibility index (Phi) is 3.89. The van der Waals surface area contributed by atoms with Crippen LogP contribution < -0.4 is 4.90 Å². The molecule has 1 aliphatic rings. The minimum atomic E-state index is 0.951. The van der Waals surface area contributed by atoms with Crippen molar-refractivity contribution in [2.24, 2.45) is 0 Å². The minimum absolute atomic E-state index is 0.951. The summed E-state index contributed by atoms with van der Waals surface area (Å²) >= 11 is 0. The van der Waals surface area contributed by atoms with E-state index >= 15 is 0 Å². The lowest BCUT2D eigenvalue weighted by atomic mass is 10.1. The summed E-state index contributed by atoms with van der Waals surface area (Å²) in [5.74, 6) is 0. The molecular weight excluding hydrogens is 280 g/mol. The summed E-state index contributed by atoms with van der Waals surface area (Å²) < 4.78 is 0. The second-order valence-electron chi connectivity index (χ2n) is 6.30. The highest BCUT2D eigenvalue weighted by molar-refractivity contribution is 5.64. The molecule has 0 unspecified atom stereocenters. The van der Waals surface area contributed by atoms with Crippen LogP contribution in [-0.2, 0) is 6.42 Å². The van der Waals surface area contributed by atoms with Crippen LogP contribution in [0.1, 0.15) is 24.1 Å². The molecule has 0 radical (unpaired) electrons. The number of nitrogens with zero attached hydrogens (tertiary/aromatic N) is 1. The molecule has 1 aromatic heterocycles. The standard InChI is InChI=1S/C21H22N2/c1-2-6-17(7-3-1)16-19-10-13-21(22-19)18-8-11-20(12-9-18)23-14-4-5-15-23/h1-3,6-13,22H,4-5,14-16H2. The van der Waals surface area contributed by atoms with Gasteiger partial charge in [0.2, 0.25) is 0 Å². The molecule has 2 aromatic carbocycles. The average Bonchev–Trinajstić information content (AvgIpc) is 3.28. The van der Waals surface area contributed by atoms with Crippen molar-refractivity contribution in [3.63, 3.8) is 0 Å². The van der Waals surface area contributed by atoms with E-state index < -0.39 is 0 Å². The molecule has 2 heterocycles. The Morgan fingerprint density at radius 3 is 2.26 bits per heavy atom. The molecule has 1 aliphatic heterocycles. The first-order valence-corrected chi connectivity index (χ1v) is 8.46. The van der Waals surface area contributed by atoms with Crippen molar-refractivity contribution < 1.29 is 0 Å². The summed E-state index contributed by atoms with van der Waals surface area (Å²) in [4.78, 5) is 6.02. The van der Waals surface area contributed by atoms with Gasteiger partial charge in [-0.1, -0.05) is 42.5 Å². The van der Waals surface area contributed by atoms with Crippen LogP contribution in [0.3, 0.4) is 0 Å². The Balaban J connectivity index is 1.50. The number of nitrogens with one attached hydrogen (secondary N) is 1. The maximum Gasteiger partial charge on any atom is 0.0456 e. The third-order valence-corrected chi connectivity index (χ3v) is 4.63. The minimum Gasteiger partial charge on any atom is -0.372 e. The number of aromatic nitrogens is 1. The number of benzene rings is 2. The molecule has 0 aliphatic carbocycles. The van der Waals surface area contributed by atoms with Crippen molar-refractivity contribution in [1.29, 1.82) is 0 Å². The number of rotatable bonds is 4. The summed E-state index contributed by atoms with van der Waals surface area (Å²) in [6, 6.07) is 23.9. The average molecular weight is 302 g/mol. The van der Waals surface area contributed by atoms with E-state index in [-0.39, 0.29) is 0 Å². The van der Waals surface area contributed by atoms with E-state index in [4.69, 9.17) is 0 Å². The highest BCUT2D eigenvalue weighted by atomic mass is 15.1. The molecule has 3 aromatic rings. The van der Waals surface area contributed by atoms with E-state index in [2.05, 4.69) is 76.6 Å². The monoisotopic (exact) mass is 302 g/mol. The lowest BCUT2D eigenvalue weighted by Crippen LogP contribution is -2.17. The van der Waals surface area contributed by atoms with E-state index in [1.165, 1.54) is 54.1 Å². The number of anilines is 1. The summed E-state index contributed by atoms with van der Waals surface area (Å²) in [5, 5.41) is 0. The van der Waals surface area contributed by atoms with Crippen LogP contribution in [0.2, 0.25) is 0 Å². The molecule has 0 atom stereocenters. The molecule has 23 heavy (non-hydrogen) atoms. The summed E-state index contributed by atoms with van der Waals surface area (Å²) in [7, 11) is 0. The molecule has 1 fully saturated rings. The first kappa shape index (κ1) is 14.1. The van der Waals surface area contributed by atoms with E-state index in [9.17, 15) is 0 Å². The predicted octanol–water partition coefficient (Wildman–Crippen LogP) is 4.87. The second kappa shape index (κ2) is 6.33. The van der Waals surface area contributed by atoms with E-state index in [0.717, 1.165) is 6.42 Å². The smallest absolute Gasteiger partial charge is 0.0456 e. The maximum absolute atomic E-state index is 3.55. The largest absolute Gasteiger partial charge is 0.372 e. The van der Waals surface area contributed by atoms with Gasteiger partial charge in [-0.2, -0.15) is 0 Å². The van der Waals surface area contributed by atoms with Crippen LogP contribution in [0.25, 0.3) is 11.3 Å². The Bertz CT molecular complexity index is 750. The number of aromatic amines is 1. The van der Waals surface area contributed by atoms with Crippen molar-refractivity contribution in [2.45, 2.75) is 19.3 Å². The maximum atomic E-state index is 3.55. The molecule has 4 rings (SSSR count). The molecule has 0 amide bonds. The van der Waals surface area contributed by atoms with Crippen molar-refractivity contribution in [2.75, 3.05) is 18.0 Å². The Morgan fingerprint density at radius 2 is 1.52 bits per heavy atom. The molecule has 0 bridgehead atoms. The van der Waals surface area contributed by atoms with Gasteiger partial charge >= 0.3 is 0 Å². The van der Waals surface area contributed by atoms with Gasteiger partial charge in [0.1, 0.15) is 0 Å². The van der Waals surface area contributed by atoms with Gasteiger partial charge in [0, 0.05) is 36.6 Å². The predicted molar refractivity (Wildman–Crippen MR) is 96.9 cm³/mol. The molecule has 2 heteroatoms. The van der Waals surface area contributed by atoms with E-state index in [1.807, 2.05) is 0 Å². The zero-order valence-corrected chi connectivity index (χ0v) is 13.3. The molecule has 1 saturated heterocycles. The van der Waals surface area contributed by atoms with Gasteiger partial charge in [-0.05, 0) is 48.2 Å². The highest BCUT2D eigenvalue weighted by Crippen LogP contribution is 2.25. The van der Waals surface area contributed by atoms with Gasteiger partial charge in [0.15, 0.2) is 0 Å². The van der Waals surface area contributed by atoms with Gasteiger partial charge in [-0.3, -0.25) is 0 Å². The molecule has 0 spiro atoms. The van der Waals surface area contributed by atoms with Gasteiger partial charge < -0.3 is 9.88 Å². The lowest BCUT2D eigenvalue weighted by Gasteiger charge is -2.17. The first-order chi connectivity index (χ1) is 11.4. The SMILES string of the molecule is c1ccc(Cc2ccc(-c3ccc(N4CCCC4)cc3)[nH]2)cc1. The number of hydrogen-bond acceptors (Lipinski definition) is 1. The summed E-state index contributed by atoms with van der Waals surface area (Å²) in [6.45, 7) is 2.39. The third kappa shape index (κ3) is 3.16. The fourth-order valence-corrected chi connectivity index (χ4v) is 3.35. The summed E-state index contributed by atoms with van der Waals surface area (Å²) in [5.41, 5.74) is 6.40. The molecule has 1 N–H and O–H groups in total. The third-order valence-electron chi connectivity index (χ3n) is 4.63. The Hall–Kier alpha value is -2.48. The molecule has 2 nitrogen and oxygen atoms in total. The van der Waals surface area contributed by atoms with Crippen LogP contribution in [0.15, 0.2) is 66.7 Å². The van der Waals surface area contributed by atoms with Crippen LogP contribution in [0.5, 0.6) is 0 Å². The Labute approximate surface area is 137 Å². The quantitative estimate of drug-likeness (QED) is 0.728. The highest BCUT2D eigenvalue weighted by Gasteiger charge is 2.12. The normalized spacial score (nSPS) is 14.3. The van der Waals surface area contributed by atoms with E-state index in [0.29, 0.717) is 0 Å². The second-order valence-corrected chi connectivity index (χ2v) is 6.30. The van der Waals surface area contributed by atoms with Crippen LogP contribution in [0.4, 0.5) is 5.69 Å². The molecule has 0 saturated carbocycles. The topological polar surface area (TPSA) is 19.0 Å². The van der Waals surface area contributed by atoms with Crippen LogP contribution in [-0.4, -0.2) is 18.1 Å². The van der Waals surface area contributed by atoms with Gasteiger partial charge in [-0.15, -0.1) is 0 Å². The van der Waals surface area contributed by atoms with E-state index in [1.54, 1.807) is 0 Å².